The van der Waals surface area contributed by atoms with Crippen molar-refractivity contribution in [3.63, 3.8) is 0 Å². The first kappa shape index (κ1) is 24.4. The third-order valence-corrected chi connectivity index (χ3v) is 4.56. The van der Waals surface area contributed by atoms with Crippen molar-refractivity contribution in [3.05, 3.63) is 75.6 Å². The summed E-state index contributed by atoms with van der Waals surface area (Å²) in [6.45, 7) is 11.0. The Morgan fingerprint density at radius 2 is 1.97 bits per heavy atom. The van der Waals surface area contributed by atoms with Crippen LogP contribution in [0.15, 0.2) is 54.4 Å². The molecule has 0 saturated heterocycles. The highest BCUT2D eigenvalue weighted by Crippen LogP contribution is 2.28. The van der Waals surface area contributed by atoms with Gasteiger partial charge in [-0.05, 0) is 63.6 Å². The maximum Gasteiger partial charge on any atom is 0.273 e. The molecule has 0 atom stereocenters. The van der Waals surface area contributed by atoms with E-state index in [-0.39, 0.29) is 34.1 Å². The minimum atomic E-state index is -0.573. The van der Waals surface area contributed by atoms with Gasteiger partial charge in [0.25, 0.3) is 11.8 Å². The maximum atomic E-state index is 13.2. The summed E-state index contributed by atoms with van der Waals surface area (Å²) in [6, 6.07) is 6.32. The smallest absolute Gasteiger partial charge is 0.273 e. The van der Waals surface area contributed by atoms with Crippen LogP contribution in [-0.2, 0) is 4.79 Å². The molecule has 0 spiro atoms. The molecule has 31 heavy (non-hydrogen) atoms. The van der Waals surface area contributed by atoms with Crippen molar-refractivity contribution >= 4 is 46.5 Å². The molecule has 2 amide bonds. The molecule has 0 saturated carbocycles. The zero-order valence-electron chi connectivity index (χ0n) is 17.8. The number of carbonyl (C=O) groups excluding carboxylic acids is 2. The van der Waals surface area contributed by atoms with Crippen molar-refractivity contribution in [1.82, 2.24) is 10.3 Å². The Morgan fingerprint density at radius 3 is 2.55 bits per heavy atom. The van der Waals surface area contributed by atoms with E-state index in [0.29, 0.717) is 21.8 Å². The van der Waals surface area contributed by atoms with Crippen LogP contribution in [-0.4, -0.2) is 22.8 Å². The van der Waals surface area contributed by atoms with Gasteiger partial charge < -0.3 is 10.6 Å². The SMILES string of the molecule is C=C(C)/C=C(/C(=O)Nc1c(C)cc(Cl)cc1C(=O)NC(C)C)N(N)c1ncccc1Cl. The van der Waals surface area contributed by atoms with Gasteiger partial charge in [-0.25, -0.2) is 10.8 Å². The van der Waals surface area contributed by atoms with E-state index in [4.69, 9.17) is 29.0 Å². The van der Waals surface area contributed by atoms with Gasteiger partial charge in [0.2, 0.25) is 0 Å². The quantitative estimate of drug-likeness (QED) is 0.241. The van der Waals surface area contributed by atoms with Crippen LogP contribution in [0.2, 0.25) is 10.0 Å². The van der Waals surface area contributed by atoms with Crippen molar-refractivity contribution in [3.8, 4) is 0 Å². The molecule has 0 bridgehead atoms. The fourth-order valence-corrected chi connectivity index (χ4v) is 3.24. The molecule has 0 aliphatic heterocycles. The van der Waals surface area contributed by atoms with E-state index in [1.165, 1.54) is 18.3 Å². The lowest BCUT2D eigenvalue weighted by Crippen LogP contribution is -2.38. The number of hydrogen-bond acceptors (Lipinski definition) is 5. The Morgan fingerprint density at radius 1 is 1.29 bits per heavy atom. The molecule has 1 heterocycles. The summed E-state index contributed by atoms with van der Waals surface area (Å²) in [7, 11) is 0. The fraction of sp³-hybridized carbons (Fsp3) is 0.227. The van der Waals surface area contributed by atoms with Gasteiger partial charge in [0.05, 0.1) is 16.3 Å². The molecule has 1 aromatic carbocycles. The number of anilines is 2. The maximum absolute atomic E-state index is 13.2. The lowest BCUT2D eigenvalue weighted by molar-refractivity contribution is -0.113. The molecule has 0 unspecified atom stereocenters. The number of rotatable bonds is 7. The van der Waals surface area contributed by atoms with E-state index < -0.39 is 5.91 Å². The van der Waals surface area contributed by atoms with E-state index in [1.807, 2.05) is 13.8 Å². The second-order valence-corrected chi connectivity index (χ2v) is 8.13. The molecule has 9 heteroatoms. The fourth-order valence-electron chi connectivity index (χ4n) is 2.75. The summed E-state index contributed by atoms with van der Waals surface area (Å²) >= 11 is 12.3. The van der Waals surface area contributed by atoms with E-state index in [2.05, 4.69) is 22.2 Å². The number of allylic oxidation sites excluding steroid dienone is 2. The summed E-state index contributed by atoms with van der Waals surface area (Å²) < 4.78 is 0. The number of hydrazine groups is 1. The molecular formula is C22H25Cl2N5O2. The second kappa shape index (κ2) is 10.4. The first-order chi connectivity index (χ1) is 14.5. The minimum Gasteiger partial charge on any atom is -0.350 e. The Hall–Kier alpha value is -2.87. The van der Waals surface area contributed by atoms with Gasteiger partial charge in [0.15, 0.2) is 5.82 Å². The van der Waals surface area contributed by atoms with Gasteiger partial charge in [-0.3, -0.25) is 14.6 Å². The molecular weight excluding hydrogens is 437 g/mol. The van der Waals surface area contributed by atoms with Crippen molar-refractivity contribution in [2.24, 2.45) is 5.84 Å². The number of nitrogens with zero attached hydrogens (tertiary/aromatic N) is 2. The highest BCUT2D eigenvalue weighted by Gasteiger charge is 2.23. The number of amides is 2. The number of hydrogen-bond donors (Lipinski definition) is 3. The molecule has 1 aromatic heterocycles. The molecule has 4 N–H and O–H groups in total. The average Bonchev–Trinajstić information content (AvgIpc) is 2.67. The zero-order valence-corrected chi connectivity index (χ0v) is 19.3. The normalized spacial score (nSPS) is 11.3. The number of halogens is 2. The molecule has 0 aliphatic rings. The summed E-state index contributed by atoms with van der Waals surface area (Å²) in [5.41, 5.74) is 1.79. The molecule has 0 aliphatic carbocycles. The lowest BCUT2D eigenvalue weighted by Gasteiger charge is -2.23. The number of nitrogens with two attached hydrogens (primary N) is 1. The standard InChI is InChI=1S/C22H25Cl2N5O2/c1-12(2)9-18(29(25)20-17(24)7-6-8-26-20)22(31)28-19-14(5)10-15(23)11-16(19)21(30)27-13(3)4/h6-11,13H,1,25H2,2-5H3,(H,27,30)(H,28,31)/b18-9-. The van der Waals surface area contributed by atoms with Gasteiger partial charge in [-0.15, -0.1) is 0 Å². The van der Waals surface area contributed by atoms with Crippen molar-refractivity contribution < 1.29 is 9.59 Å². The first-order valence-electron chi connectivity index (χ1n) is 9.46. The Labute approximate surface area is 191 Å². The van der Waals surface area contributed by atoms with Crippen LogP contribution in [0.3, 0.4) is 0 Å². The van der Waals surface area contributed by atoms with E-state index in [1.54, 1.807) is 32.0 Å². The van der Waals surface area contributed by atoms with Crippen LogP contribution in [0.25, 0.3) is 0 Å². The zero-order chi connectivity index (χ0) is 23.3. The van der Waals surface area contributed by atoms with Crippen LogP contribution in [0, 0.1) is 6.92 Å². The Kier molecular flexibility index (Phi) is 8.21. The predicted octanol–water partition coefficient (Wildman–Crippen LogP) is 4.61. The summed E-state index contributed by atoms with van der Waals surface area (Å²) in [4.78, 5) is 30.1. The van der Waals surface area contributed by atoms with E-state index in [0.717, 1.165) is 5.01 Å². The monoisotopic (exact) mass is 461 g/mol. The first-order valence-corrected chi connectivity index (χ1v) is 10.2. The molecule has 7 nitrogen and oxygen atoms in total. The van der Waals surface area contributed by atoms with Crippen LogP contribution in [0.4, 0.5) is 11.5 Å². The van der Waals surface area contributed by atoms with Gasteiger partial charge in [0, 0.05) is 17.3 Å². The van der Waals surface area contributed by atoms with Crippen molar-refractivity contribution in [2.75, 3.05) is 10.3 Å². The van der Waals surface area contributed by atoms with Crippen LogP contribution < -0.4 is 21.5 Å². The summed E-state index contributed by atoms with van der Waals surface area (Å²) in [5.74, 6) is 5.44. The van der Waals surface area contributed by atoms with Crippen LogP contribution >= 0.6 is 23.2 Å². The topological polar surface area (TPSA) is 100 Å². The summed E-state index contributed by atoms with van der Waals surface area (Å²) in [5, 5.41) is 7.30. The number of nitrogens with one attached hydrogen (secondary N) is 2. The molecule has 0 fully saturated rings. The Balaban J connectivity index is 2.48. The Bertz CT molecular complexity index is 1050. The highest BCUT2D eigenvalue weighted by atomic mass is 35.5. The van der Waals surface area contributed by atoms with Crippen LogP contribution in [0.5, 0.6) is 0 Å². The number of aryl methyl sites for hydroxylation is 1. The third kappa shape index (κ3) is 6.30. The number of pyridine rings is 1. The van der Waals surface area contributed by atoms with Crippen molar-refractivity contribution in [1.29, 1.82) is 0 Å². The van der Waals surface area contributed by atoms with Crippen molar-refractivity contribution in [2.45, 2.75) is 33.7 Å². The van der Waals surface area contributed by atoms with Gasteiger partial charge in [-0.2, -0.15) is 0 Å². The van der Waals surface area contributed by atoms with Crippen LogP contribution in [0.1, 0.15) is 36.7 Å². The predicted molar refractivity (Wildman–Crippen MR) is 126 cm³/mol. The molecule has 164 valence electrons. The minimum absolute atomic E-state index is 0.0395. The van der Waals surface area contributed by atoms with Gasteiger partial charge >= 0.3 is 0 Å². The second-order valence-electron chi connectivity index (χ2n) is 7.28. The van der Waals surface area contributed by atoms with E-state index in [9.17, 15) is 9.59 Å². The number of benzene rings is 1. The number of carbonyl (C=O) groups is 2. The molecule has 2 rings (SSSR count). The van der Waals surface area contributed by atoms with E-state index >= 15 is 0 Å². The number of aromatic nitrogens is 1. The summed E-state index contributed by atoms with van der Waals surface area (Å²) in [6.07, 6.45) is 3.01. The van der Waals surface area contributed by atoms with Gasteiger partial charge in [-0.1, -0.05) is 35.4 Å². The molecule has 0 radical (unpaired) electrons. The van der Waals surface area contributed by atoms with Gasteiger partial charge in [0.1, 0.15) is 5.70 Å². The molecule has 2 aromatic rings. The highest BCUT2D eigenvalue weighted by molar-refractivity contribution is 6.33. The lowest BCUT2D eigenvalue weighted by atomic mass is 10.1. The largest absolute Gasteiger partial charge is 0.350 e. The third-order valence-electron chi connectivity index (χ3n) is 4.05. The average molecular weight is 462 g/mol.